The highest BCUT2D eigenvalue weighted by atomic mass is 19.1. The van der Waals surface area contributed by atoms with E-state index in [4.69, 9.17) is 0 Å². The summed E-state index contributed by atoms with van der Waals surface area (Å²) in [6, 6.07) is 8.92. The monoisotopic (exact) mass is 355 g/mol. The third-order valence-corrected chi connectivity index (χ3v) is 5.92. The summed E-state index contributed by atoms with van der Waals surface area (Å²) in [5, 5.41) is 4.27. The SMILES string of the molecule is O=C(N1CCCC(CCc2ccccc2F)C1)C1(Cn2cccn2)CC1. The summed E-state index contributed by atoms with van der Waals surface area (Å²) in [7, 11) is 0. The van der Waals surface area contributed by atoms with Gasteiger partial charge in [0.15, 0.2) is 0 Å². The lowest BCUT2D eigenvalue weighted by atomic mass is 9.90. The number of rotatable bonds is 6. The second kappa shape index (κ2) is 7.22. The van der Waals surface area contributed by atoms with Crippen molar-refractivity contribution in [2.24, 2.45) is 11.3 Å². The molecular weight excluding hydrogens is 329 g/mol. The van der Waals surface area contributed by atoms with Gasteiger partial charge in [0.25, 0.3) is 0 Å². The third-order valence-electron chi connectivity index (χ3n) is 5.92. The lowest BCUT2D eigenvalue weighted by Gasteiger charge is -2.35. The van der Waals surface area contributed by atoms with E-state index in [2.05, 4.69) is 10.00 Å². The quantitative estimate of drug-likeness (QED) is 0.793. The van der Waals surface area contributed by atoms with Crippen molar-refractivity contribution in [3.63, 3.8) is 0 Å². The van der Waals surface area contributed by atoms with E-state index in [-0.39, 0.29) is 11.2 Å². The maximum absolute atomic E-state index is 13.8. The van der Waals surface area contributed by atoms with Crippen LogP contribution >= 0.6 is 0 Å². The molecule has 1 atom stereocenters. The molecule has 2 aromatic rings. The highest BCUT2D eigenvalue weighted by Gasteiger charge is 2.52. The van der Waals surface area contributed by atoms with Gasteiger partial charge in [-0.25, -0.2) is 4.39 Å². The number of aryl methyl sites for hydroxylation is 1. The van der Waals surface area contributed by atoms with E-state index in [1.165, 1.54) is 6.07 Å². The molecule has 1 saturated heterocycles. The smallest absolute Gasteiger partial charge is 0.230 e. The topological polar surface area (TPSA) is 38.1 Å². The van der Waals surface area contributed by atoms with Crippen LogP contribution in [0.25, 0.3) is 0 Å². The van der Waals surface area contributed by atoms with Gasteiger partial charge >= 0.3 is 0 Å². The molecule has 4 nitrogen and oxygen atoms in total. The second-order valence-electron chi connectivity index (χ2n) is 7.87. The number of benzene rings is 1. The molecule has 1 unspecified atom stereocenters. The number of piperidine rings is 1. The van der Waals surface area contributed by atoms with Gasteiger partial charge in [0, 0.05) is 25.5 Å². The number of amides is 1. The fourth-order valence-electron chi connectivity index (χ4n) is 4.18. The van der Waals surface area contributed by atoms with Crippen LogP contribution in [0, 0.1) is 17.2 Å². The van der Waals surface area contributed by atoms with Crippen molar-refractivity contribution in [2.75, 3.05) is 13.1 Å². The van der Waals surface area contributed by atoms with Crippen LogP contribution in [0.2, 0.25) is 0 Å². The fraction of sp³-hybridized carbons (Fsp3) is 0.524. The molecule has 4 rings (SSSR count). The fourth-order valence-corrected chi connectivity index (χ4v) is 4.18. The van der Waals surface area contributed by atoms with Gasteiger partial charge in [-0.2, -0.15) is 5.10 Å². The molecule has 1 aromatic carbocycles. The van der Waals surface area contributed by atoms with E-state index in [9.17, 15) is 9.18 Å². The largest absolute Gasteiger partial charge is 0.342 e. The Labute approximate surface area is 154 Å². The second-order valence-corrected chi connectivity index (χ2v) is 7.87. The molecule has 5 heteroatoms. The maximum atomic E-state index is 13.8. The summed E-state index contributed by atoms with van der Waals surface area (Å²) in [6.45, 7) is 2.36. The van der Waals surface area contributed by atoms with Gasteiger partial charge in [-0.1, -0.05) is 18.2 Å². The molecule has 0 bridgehead atoms. The lowest BCUT2D eigenvalue weighted by Crippen LogP contribution is -2.45. The molecule has 0 N–H and O–H groups in total. The van der Waals surface area contributed by atoms with Crippen LogP contribution in [0.3, 0.4) is 0 Å². The average molecular weight is 355 g/mol. The van der Waals surface area contributed by atoms with Crippen molar-refractivity contribution in [3.8, 4) is 0 Å². The van der Waals surface area contributed by atoms with Crippen molar-refractivity contribution in [2.45, 2.75) is 45.1 Å². The lowest BCUT2D eigenvalue weighted by molar-refractivity contribution is -0.139. The van der Waals surface area contributed by atoms with E-state index in [0.29, 0.717) is 18.4 Å². The number of hydrogen-bond donors (Lipinski definition) is 0. The Balaban J connectivity index is 1.34. The van der Waals surface area contributed by atoms with Gasteiger partial charge in [-0.15, -0.1) is 0 Å². The Morgan fingerprint density at radius 3 is 2.85 bits per heavy atom. The van der Waals surface area contributed by atoms with Crippen molar-refractivity contribution in [1.82, 2.24) is 14.7 Å². The van der Waals surface area contributed by atoms with Gasteiger partial charge in [0.1, 0.15) is 5.82 Å². The summed E-state index contributed by atoms with van der Waals surface area (Å²) in [6.07, 6.45) is 9.48. The molecule has 2 heterocycles. The first kappa shape index (κ1) is 17.3. The zero-order chi connectivity index (χ0) is 18.0. The van der Waals surface area contributed by atoms with E-state index in [0.717, 1.165) is 57.2 Å². The Bertz CT molecular complexity index is 754. The van der Waals surface area contributed by atoms with Crippen molar-refractivity contribution < 1.29 is 9.18 Å². The average Bonchev–Trinajstić information content (AvgIpc) is 3.26. The first-order valence-corrected chi connectivity index (χ1v) is 9.66. The minimum Gasteiger partial charge on any atom is -0.342 e. The summed E-state index contributed by atoms with van der Waals surface area (Å²) in [5.74, 6) is 0.642. The van der Waals surface area contributed by atoms with Crippen LogP contribution in [0.5, 0.6) is 0 Å². The van der Waals surface area contributed by atoms with Crippen LogP contribution in [-0.4, -0.2) is 33.7 Å². The number of likely N-dealkylation sites (tertiary alicyclic amines) is 1. The molecule has 1 aliphatic carbocycles. The molecular formula is C21H26FN3O. The van der Waals surface area contributed by atoms with Crippen molar-refractivity contribution in [3.05, 3.63) is 54.1 Å². The minimum absolute atomic E-state index is 0.118. The number of hydrogen-bond acceptors (Lipinski definition) is 2. The Morgan fingerprint density at radius 1 is 1.27 bits per heavy atom. The standard InChI is InChI=1S/C21H26FN3O/c22-19-7-2-1-6-18(19)9-8-17-5-3-13-24(15-17)20(26)21(10-11-21)16-25-14-4-12-23-25/h1-2,4,6-7,12,14,17H,3,5,8-11,13,15-16H2. The van der Waals surface area contributed by atoms with Crippen LogP contribution in [0.1, 0.15) is 37.7 Å². The molecule has 0 spiro atoms. The number of nitrogens with zero attached hydrogens (tertiary/aromatic N) is 3. The molecule has 1 saturated carbocycles. The van der Waals surface area contributed by atoms with Crippen LogP contribution in [0.15, 0.2) is 42.7 Å². The normalized spacial score (nSPS) is 21.6. The number of aromatic nitrogens is 2. The molecule has 2 aliphatic rings. The molecule has 0 radical (unpaired) electrons. The van der Waals surface area contributed by atoms with Gasteiger partial charge in [-0.3, -0.25) is 9.48 Å². The summed E-state index contributed by atoms with van der Waals surface area (Å²) >= 11 is 0. The summed E-state index contributed by atoms with van der Waals surface area (Å²) in [5.41, 5.74) is 0.549. The first-order valence-electron chi connectivity index (χ1n) is 9.66. The van der Waals surface area contributed by atoms with E-state index in [1.807, 2.05) is 29.1 Å². The van der Waals surface area contributed by atoms with Crippen molar-refractivity contribution in [1.29, 1.82) is 0 Å². The van der Waals surface area contributed by atoms with Gasteiger partial charge < -0.3 is 4.90 Å². The maximum Gasteiger partial charge on any atom is 0.230 e. The number of carbonyl (C=O) groups is 1. The highest BCUT2D eigenvalue weighted by Crippen LogP contribution is 2.49. The summed E-state index contributed by atoms with van der Waals surface area (Å²) < 4.78 is 15.7. The highest BCUT2D eigenvalue weighted by molar-refractivity contribution is 5.85. The zero-order valence-electron chi connectivity index (χ0n) is 15.1. The molecule has 1 amide bonds. The van der Waals surface area contributed by atoms with Gasteiger partial charge in [-0.05, 0) is 62.1 Å². The Hall–Kier alpha value is -2.17. The number of carbonyl (C=O) groups excluding carboxylic acids is 1. The molecule has 1 aliphatic heterocycles. The Kier molecular flexibility index (Phi) is 4.79. The van der Waals surface area contributed by atoms with Crippen molar-refractivity contribution >= 4 is 5.91 Å². The zero-order valence-corrected chi connectivity index (χ0v) is 15.1. The van der Waals surface area contributed by atoms with E-state index >= 15 is 0 Å². The van der Waals surface area contributed by atoms with E-state index in [1.54, 1.807) is 12.3 Å². The summed E-state index contributed by atoms with van der Waals surface area (Å²) in [4.78, 5) is 15.2. The van der Waals surface area contributed by atoms with Crippen LogP contribution < -0.4 is 0 Å². The van der Waals surface area contributed by atoms with Crippen LogP contribution in [-0.2, 0) is 17.8 Å². The Morgan fingerprint density at radius 2 is 2.12 bits per heavy atom. The first-order chi connectivity index (χ1) is 12.7. The van der Waals surface area contributed by atoms with Crippen LogP contribution in [0.4, 0.5) is 4.39 Å². The number of halogens is 1. The third kappa shape index (κ3) is 3.67. The molecule has 26 heavy (non-hydrogen) atoms. The molecule has 1 aromatic heterocycles. The van der Waals surface area contributed by atoms with Gasteiger partial charge in [0.2, 0.25) is 5.91 Å². The van der Waals surface area contributed by atoms with E-state index < -0.39 is 0 Å². The molecule has 2 fully saturated rings. The predicted molar refractivity (Wildman–Crippen MR) is 97.9 cm³/mol. The minimum atomic E-state index is -0.237. The molecule has 138 valence electrons. The van der Waals surface area contributed by atoms with Gasteiger partial charge in [0.05, 0.1) is 12.0 Å². The predicted octanol–water partition coefficient (Wildman–Crippen LogP) is 3.67.